The lowest BCUT2D eigenvalue weighted by atomic mass is 9.96. The van der Waals surface area contributed by atoms with E-state index in [1.807, 2.05) is 0 Å². The molecule has 0 bridgehead atoms. The van der Waals surface area contributed by atoms with Crippen molar-refractivity contribution in [3.05, 3.63) is 71.8 Å². The number of furan rings is 1. The first-order chi connectivity index (χ1) is 14.0. The zero-order valence-corrected chi connectivity index (χ0v) is 17.5. The average molecular weight is 383 g/mol. The molecule has 0 amide bonds. The Kier molecular flexibility index (Phi) is 4.30. The quantitative estimate of drug-likeness (QED) is 0.379. The third kappa shape index (κ3) is 2.98. The van der Waals surface area contributed by atoms with Gasteiger partial charge in [0, 0.05) is 29.2 Å². The fraction of sp³-hybridized carbons (Fsp3) is 0.231. The van der Waals surface area contributed by atoms with E-state index in [-0.39, 0.29) is 0 Å². The molecule has 0 saturated carbocycles. The fourth-order valence-corrected chi connectivity index (χ4v) is 4.55. The van der Waals surface area contributed by atoms with Crippen LogP contribution in [0.15, 0.2) is 65.1 Å². The summed E-state index contributed by atoms with van der Waals surface area (Å²) in [5, 5.41) is 7.47. The molecule has 0 unspecified atom stereocenters. The van der Waals surface area contributed by atoms with Crippen LogP contribution < -0.4 is 0 Å². The van der Waals surface area contributed by atoms with Gasteiger partial charge in [-0.15, -0.1) is 0 Å². The Morgan fingerprint density at radius 1 is 0.621 bits per heavy atom. The zero-order valence-electron chi connectivity index (χ0n) is 17.5. The van der Waals surface area contributed by atoms with Gasteiger partial charge in [-0.3, -0.25) is 0 Å². The highest BCUT2D eigenvalue weighted by Crippen LogP contribution is 2.40. The van der Waals surface area contributed by atoms with Crippen LogP contribution in [0.2, 0.25) is 0 Å². The van der Waals surface area contributed by atoms with Crippen LogP contribution in [0.25, 0.3) is 43.5 Å². The Morgan fingerprint density at radius 3 is 1.76 bits per heavy atom. The van der Waals surface area contributed by atoms with E-state index in [2.05, 4.69) is 98.7 Å². The molecule has 0 aliphatic rings. The minimum absolute atomic E-state index is 0.889. The van der Waals surface area contributed by atoms with Gasteiger partial charge in [-0.1, -0.05) is 48.5 Å². The molecule has 0 radical (unpaired) electrons. The maximum atomic E-state index is 6.52. The van der Waals surface area contributed by atoms with E-state index in [1.54, 1.807) is 0 Å². The molecule has 0 saturated heterocycles. The van der Waals surface area contributed by atoms with Crippen LogP contribution in [0.3, 0.4) is 0 Å². The maximum Gasteiger partial charge on any atom is 0.143 e. The first-order valence-electron chi connectivity index (χ1n) is 10.1. The van der Waals surface area contributed by atoms with Crippen LogP contribution in [0.4, 0.5) is 0 Å². The molecule has 0 aliphatic carbocycles. The fourth-order valence-electron chi connectivity index (χ4n) is 4.55. The van der Waals surface area contributed by atoms with E-state index >= 15 is 0 Å². The van der Waals surface area contributed by atoms with E-state index in [4.69, 9.17) is 4.42 Å². The van der Waals surface area contributed by atoms with Gasteiger partial charge in [0.25, 0.3) is 0 Å². The lowest BCUT2D eigenvalue weighted by Gasteiger charge is -2.13. The molecule has 1 aromatic heterocycles. The van der Waals surface area contributed by atoms with Crippen LogP contribution >= 0.6 is 0 Å². The Hall–Kier alpha value is -2.88. The summed E-state index contributed by atoms with van der Waals surface area (Å²) in [4.78, 5) is 4.43. The summed E-state index contributed by atoms with van der Waals surface area (Å²) >= 11 is 0. The first-order valence-corrected chi connectivity index (χ1v) is 10.1. The number of nitrogens with zero attached hydrogens (tertiary/aromatic N) is 2. The average Bonchev–Trinajstić information content (AvgIpc) is 3.06. The topological polar surface area (TPSA) is 19.6 Å². The van der Waals surface area contributed by atoms with Crippen molar-refractivity contribution in [1.82, 2.24) is 9.80 Å². The van der Waals surface area contributed by atoms with Gasteiger partial charge < -0.3 is 14.2 Å². The van der Waals surface area contributed by atoms with Crippen molar-refractivity contribution in [1.29, 1.82) is 0 Å². The Bertz CT molecular complexity index is 1360. The number of hydrogen-bond acceptors (Lipinski definition) is 3. The molecule has 0 aliphatic heterocycles. The molecular weight excluding hydrogens is 356 g/mol. The molecule has 3 nitrogen and oxygen atoms in total. The molecule has 3 heteroatoms. The van der Waals surface area contributed by atoms with Gasteiger partial charge in [-0.2, -0.15) is 0 Å². The molecule has 29 heavy (non-hydrogen) atoms. The van der Waals surface area contributed by atoms with Gasteiger partial charge in [-0.25, -0.2) is 0 Å². The maximum absolute atomic E-state index is 6.52. The lowest BCUT2D eigenvalue weighted by Crippen LogP contribution is -2.11. The van der Waals surface area contributed by atoms with Crippen molar-refractivity contribution < 1.29 is 4.42 Å². The van der Waals surface area contributed by atoms with Crippen LogP contribution in [-0.4, -0.2) is 38.0 Å². The standard InChI is InChI=1S/C26H26N2O/c1-27(2)15-17-13-23-25-21-11-7-5-9-19(21)18(16-28(3)4)14-24(25)29-26(23)22-12-8-6-10-20(17)22/h5-14H,15-16H2,1-4H3. The summed E-state index contributed by atoms with van der Waals surface area (Å²) in [7, 11) is 8.46. The van der Waals surface area contributed by atoms with Crippen molar-refractivity contribution in [2.75, 3.05) is 28.2 Å². The highest BCUT2D eigenvalue weighted by atomic mass is 16.3. The predicted molar refractivity (Wildman–Crippen MR) is 124 cm³/mol. The molecule has 146 valence electrons. The highest BCUT2D eigenvalue weighted by molar-refractivity contribution is 6.24. The van der Waals surface area contributed by atoms with Crippen molar-refractivity contribution in [2.24, 2.45) is 0 Å². The van der Waals surface area contributed by atoms with Crippen LogP contribution in [0.5, 0.6) is 0 Å². The van der Waals surface area contributed by atoms with Gasteiger partial charge in [-0.05, 0) is 67.6 Å². The number of rotatable bonds is 4. The third-order valence-corrected chi connectivity index (χ3v) is 5.63. The van der Waals surface area contributed by atoms with Crippen LogP contribution in [0.1, 0.15) is 11.1 Å². The second-order valence-electron chi connectivity index (χ2n) is 8.49. The van der Waals surface area contributed by atoms with E-state index in [1.165, 1.54) is 43.4 Å². The van der Waals surface area contributed by atoms with Gasteiger partial charge >= 0.3 is 0 Å². The zero-order chi connectivity index (χ0) is 20.1. The normalized spacial score (nSPS) is 12.3. The van der Waals surface area contributed by atoms with Gasteiger partial charge in [0.1, 0.15) is 11.2 Å². The van der Waals surface area contributed by atoms with Crippen molar-refractivity contribution in [3.8, 4) is 0 Å². The highest BCUT2D eigenvalue weighted by Gasteiger charge is 2.17. The van der Waals surface area contributed by atoms with Gasteiger partial charge in [0.05, 0.1) is 0 Å². The lowest BCUT2D eigenvalue weighted by molar-refractivity contribution is 0.404. The summed E-state index contributed by atoms with van der Waals surface area (Å²) in [5.74, 6) is 0. The number of benzene rings is 4. The van der Waals surface area contributed by atoms with E-state index < -0.39 is 0 Å². The summed E-state index contributed by atoms with van der Waals surface area (Å²) < 4.78 is 6.52. The molecule has 0 N–H and O–H groups in total. The summed E-state index contributed by atoms with van der Waals surface area (Å²) in [6, 6.07) is 21.9. The second kappa shape index (κ2) is 6.87. The van der Waals surface area contributed by atoms with E-state index in [0.717, 1.165) is 24.3 Å². The number of fused-ring (bicyclic) bond motifs is 7. The monoisotopic (exact) mass is 382 g/mol. The van der Waals surface area contributed by atoms with E-state index in [0.29, 0.717) is 0 Å². The summed E-state index contributed by atoms with van der Waals surface area (Å²) in [5.41, 5.74) is 4.60. The van der Waals surface area contributed by atoms with Crippen LogP contribution in [0, 0.1) is 0 Å². The van der Waals surface area contributed by atoms with Crippen molar-refractivity contribution in [2.45, 2.75) is 13.1 Å². The molecule has 0 atom stereocenters. The molecule has 5 aromatic rings. The van der Waals surface area contributed by atoms with Crippen LogP contribution in [-0.2, 0) is 13.1 Å². The number of hydrogen-bond donors (Lipinski definition) is 0. The van der Waals surface area contributed by atoms with Crippen molar-refractivity contribution >= 4 is 43.5 Å². The Balaban J connectivity index is 1.95. The largest absolute Gasteiger partial charge is 0.455 e. The first kappa shape index (κ1) is 18.2. The van der Waals surface area contributed by atoms with Gasteiger partial charge in [0.15, 0.2) is 0 Å². The SMILES string of the molecule is CN(C)Cc1cc2c(oc3cc(CN(C)C)c4ccccc4c32)c2ccccc12. The second-order valence-corrected chi connectivity index (χ2v) is 8.49. The molecular formula is C26H26N2O. The van der Waals surface area contributed by atoms with Gasteiger partial charge in [0.2, 0.25) is 0 Å². The Morgan fingerprint density at radius 2 is 1.14 bits per heavy atom. The summed E-state index contributed by atoms with van der Waals surface area (Å²) in [6.07, 6.45) is 0. The third-order valence-electron chi connectivity index (χ3n) is 5.63. The smallest absolute Gasteiger partial charge is 0.143 e. The minimum Gasteiger partial charge on any atom is -0.455 e. The molecule has 0 spiro atoms. The molecule has 4 aromatic carbocycles. The molecule has 0 fully saturated rings. The Labute approximate surface area is 171 Å². The predicted octanol–water partition coefficient (Wildman–Crippen LogP) is 6.02. The van der Waals surface area contributed by atoms with E-state index in [9.17, 15) is 0 Å². The minimum atomic E-state index is 0.889. The molecule has 1 heterocycles. The van der Waals surface area contributed by atoms with Crippen molar-refractivity contribution in [3.63, 3.8) is 0 Å². The molecule has 5 rings (SSSR count). The summed E-state index contributed by atoms with van der Waals surface area (Å²) in [6.45, 7) is 1.79.